The predicted octanol–water partition coefficient (Wildman–Crippen LogP) is 3.56. The van der Waals surface area contributed by atoms with Gasteiger partial charge >= 0.3 is 0 Å². The Kier molecular flexibility index (Phi) is 6.02. The monoisotopic (exact) mass is 405 g/mol. The lowest BCUT2D eigenvalue weighted by Gasteiger charge is -2.28. The third kappa shape index (κ3) is 4.48. The van der Waals surface area contributed by atoms with E-state index in [0.717, 1.165) is 24.3 Å². The summed E-state index contributed by atoms with van der Waals surface area (Å²) in [6.45, 7) is 2.11. The Morgan fingerprint density at radius 2 is 1.73 bits per heavy atom. The number of hydrogen-bond donors (Lipinski definition) is 3. The van der Waals surface area contributed by atoms with Crippen molar-refractivity contribution in [1.82, 2.24) is 5.32 Å². The van der Waals surface area contributed by atoms with Crippen LogP contribution in [-0.2, 0) is 16.0 Å². The van der Waals surface area contributed by atoms with E-state index >= 15 is 0 Å². The molecule has 6 nitrogen and oxygen atoms in total. The lowest BCUT2D eigenvalue weighted by molar-refractivity contribution is -0.120. The Bertz CT molecular complexity index is 932. The van der Waals surface area contributed by atoms with Gasteiger partial charge in [0.25, 0.3) is 11.8 Å². The zero-order valence-corrected chi connectivity index (χ0v) is 16.9. The Balaban J connectivity index is 1.39. The van der Waals surface area contributed by atoms with Crippen LogP contribution in [0, 0.1) is 0 Å². The minimum absolute atomic E-state index is 0.182. The Morgan fingerprint density at radius 1 is 1.03 bits per heavy atom. The number of hydrogen-bond acceptors (Lipinski definition) is 4. The van der Waals surface area contributed by atoms with Crippen molar-refractivity contribution in [2.75, 3.05) is 23.3 Å². The maximum Gasteiger partial charge on any atom is 0.264 e. The van der Waals surface area contributed by atoms with Crippen LogP contribution >= 0.6 is 0 Å². The second-order valence-corrected chi connectivity index (χ2v) is 7.86. The number of rotatable bonds is 6. The zero-order valence-electron chi connectivity index (χ0n) is 16.9. The third-order valence-corrected chi connectivity index (χ3v) is 5.76. The molecule has 0 saturated carbocycles. The number of amides is 2. The summed E-state index contributed by atoms with van der Waals surface area (Å²) in [4.78, 5) is 27.3. The summed E-state index contributed by atoms with van der Waals surface area (Å²) in [5.41, 5.74) is 2.65. The van der Waals surface area contributed by atoms with Crippen molar-refractivity contribution in [3.63, 3.8) is 0 Å². The molecule has 4 rings (SSSR count). The van der Waals surface area contributed by atoms with Crippen molar-refractivity contribution in [2.24, 2.45) is 0 Å². The van der Waals surface area contributed by atoms with Gasteiger partial charge in [0.15, 0.2) is 0 Å². The van der Waals surface area contributed by atoms with E-state index in [1.54, 1.807) is 0 Å². The van der Waals surface area contributed by atoms with Crippen LogP contribution in [0.3, 0.4) is 0 Å². The summed E-state index contributed by atoms with van der Waals surface area (Å²) < 4.78 is 0. The number of carbonyl (C=O) groups is 2. The number of aliphatic hydroxyl groups is 1. The van der Waals surface area contributed by atoms with Gasteiger partial charge in [-0.15, -0.1) is 0 Å². The molecule has 2 aromatic rings. The highest BCUT2D eigenvalue weighted by Crippen LogP contribution is 2.24. The Hall–Kier alpha value is -3.28. The molecule has 2 heterocycles. The fourth-order valence-electron chi connectivity index (χ4n) is 4.07. The third-order valence-electron chi connectivity index (χ3n) is 5.76. The van der Waals surface area contributed by atoms with Crippen molar-refractivity contribution in [2.45, 2.75) is 38.1 Å². The van der Waals surface area contributed by atoms with Gasteiger partial charge in [-0.3, -0.25) is 9.59 Å². The summed E-state index contributed by atoms with van der Waals surface area (Å²) >= 11 is 0. The van der Waals surface area contributed by atoms with E-state index in [2.05, 4.69) is 15.5 Å². The molecule has 3 N–H and O–H groups in total. The maximum absolute atomic E-state index is 12.6. The van der Waals surface area contributed by atoms with Crippen molar-refractivity contribution in [3.8, 4) is 0 Å². The average Bonchev–Trinajstić information content (AvgIpc) is 3.07. The molecule has 0 spiro atoms. The first kappa shape index (κ1) is 20.0. The minimum atomic E-state index is -0.585. The molecule has 0 unspecified atom stereocenters. The van der Waals surface area contributed by atoms with E-state index in [-0.39, 0.29) is 11.3 Å². The first-order valence-electron chi connectivity index (χ1n) is 10.6. The second kappa shape index (κ2) is 9.03. The van der Waals surface area contributed by atoms with E-state index in [1.807, 2.05) is 54.6 Å². The summed E-state index contributed by atoms with van der Waals surface area (Å²) in [6.07, 6.45) is 4.90. The van der Waals surface area contributed by atoms with Gasteiger partial charge < -0.3 is 20.6 Å². The van der Waals surface area contributed by atoms with Crippen LogP contribution in [0.2, 0.25) is 0 Å². The normalized spacial score (nSPS) is 19.0. The maximum atomic E-state index is 12.6. The van der Waals surface area contributed by atoms with E-state index in [0.29, 0.717) is 18.5 Å². The number of nitrogens with one attached hydrogen (secondary N) is 2. The van der Waals surface area contributed by atoms with Crippen LogP contribution in [0.15, 0.2) is 65.9 Å². The molecule has 0 aliphatic carbocycles. The van der Waals surface area contributed by atoms with Crippen molar-refractivity contribution in [3.05, 3.63) is 71.5 Å². The predicted molar refractivity (Wildman–Crippen MR) is 117 cm³/mol. The number of piperidine rings is 1. The Morgan fingerprint density at radius 3 is 2.43 bits per heavy atom. The smallest absolute Gasteiger partial charge is 0.264 e. The fourth-order valence-corrected chi connectivity index (χ4v) is 4.07. The average molecular weight is 405 g/mol. The van der Waals surface area contributed by atoms with Crippen LogP contribution in [0.1, 0.15) is 31.2 Å². The molecule has 30 heavy (non-hydrogen) atoms. The van der Waals surface area contributed by atoms with E-state index in [9.17, 15) is 14.7 Å². The van der Waals surface area contributed by atoms with Crippen molar-refractivity contribution < 1.29 is 14.7 Å². The highest BCUT2D eigenvalue weighted by atomic mass is 16.3. The van der Waals surface area contributed by atoms with Crippen LogP contribution in [-0.4, -0.2) is 36.1 Å². The number of benzene rings is 2. The molecule has 0 bridgehead atoms. The largest absolute Gasteiger partial charge is 0.509 e. The van der Waals surface area contributed by atoms with Gasteiger partial charge in [-0.25, -0.2) is 0 Å². The molecule has 156 valence electrons. The van der Waals surface area contributed by atoms with Gasteiger partial charge in [0, 0.05) is 24.5 Å². The van der Waals surface area contributed by atoms with E-state index in [4.69, 9.17) is 0 Å². The van der Waals surface area contributed by atoms with Crippen LogP contribution in [0.4, 0.5) is 11.4 Å². The van der Waals surface area contributed by atoms with Gasteiger partial charge in [0.1, 0.15) is 11.3 Å². The SMILES string of the molecule is O=C(Nc1ccc(N2CCCCC2)cc1)C1=C(O)[C@H](CCc2ccccc2)NC1=O. The van der Waals surface area contributed by atoms with E-state index in [1.165, 1.54) is 19.3 Å². The molecule has 1 fully saturated rings. The Labute approximate surface area is 176 Å². The fraction of sp³-hybridized carbons (Fsp3) is 0.333. The summed E-state index contributed by atoms with van der Waals surface area (Å²) in [5, 5.41) is 15.9. The molecule has 1 saturated heterocycles. The van der Waals surface area contributed by atoms with E-state index < -0.39 is 17.9 Å². The molecule has 1 atom stereocenters. The van der Waals surface area contributed by atoms with Crippen molar-refractivity contribution >= 4 is 23.2 Å². The quantitative estimate of drug-likeness (QED) is 0.642. The lowest BCUT2D eigenvalue weighted by Crippen LogP contribution is -2.30. The van der Waals surface area contributed by atoms with Gasteiger partial charge in [0.2, 0.25) is 0 Å². The minimum Gasteiger partial charge on any atom is -0.509 e. The lowest BCUT2D eigenvalue weighted by atomic mass is 10.0. The molecule has 2 aliphatic heterocycles. The number of nitrogens with zero attached hydrogens (tertiary/aromatic N) is 1. The summed E-state index contributed by atoms with van der Waals surface area (Å²) in [7, 11) is 0. The molecule has 0 radical (unpaired) electrons. The zero-order chi connectivity index (χ0) is 20.9. The second-order valence-electron chi connectivity index (χ2n) is 7.86. The number of aliphatic hydroxyl groups excluding tert-OH is 1. The highest BCUT2D eigenvalue weighted by Gasteiger charge is 2.35. The molecular formula is C24H27N3O3. The molecule has 2 amide bonds. The molecule has 2 aliphatic rings. The molecule has 0 aromatic heterocycles. The van der Waals surface area contributed by atoms with Crippen LogP contribution in [0.25, 0.3) is 0 Å². The number of carbonyl (C=O) groups excluding carboxylic acids is 2. The first-order valence-corrected chi connectivity index (χ1v) is 10.6. The standard InChI is InChI=1S/C24H27N3O3/c28-22-20(14-9-17-7-3-1-4-8-17)26-24(30)21(22)23(29)25-18-10-12-19(13-11-18)27-15-5-2-6-16-27/h1,3-4,7-8,10-13,20,28H,2,5-6,9,14-16H2,(H,25,29)(H,26,30)/t20-/m0/s1. The van der Waals surface area contributed by atoms with Gasteiger partial charge in [-0.05, 0) is 61.9 Å². The summed E-state index contributed by atoms with van der Waals surface area (Å²) in [6, 6.07) is 16.9. The van der Waals surface area contributed by atoms with Crippen LogP contribution in [0.5, 0.6) is 0 Å². The van der Waals surface area contributed by atoms with Crippen molar-refractivity contribution in [1.29, 1.82) is 0 Å². The van der Waals surface area contributed by atoms with Crippen LogP contribution < -0.4 is 15.5 Å². The van der Waals surface area contributed by atoms with Gasteiger partial charge in [-0.1, -0.05) is 30.3 Å². The number of anilines is 2. The molecule has 6 heteroatoms. The van der Waals surface area contributed by atoms with Gasteiger partial charge in [-0.2, -0.15) is 0 Å². The molecule has 2 aromatic carbocycles. The first-order chi connectivity index (χ1) is 14.6. The number of aryl methyl sites for hydroxylation is 1. The molecular weight excluding hydrogens is 378 g/mol. The summed E-state index contributed by atoms with van der Waals surface area (Å²) in [5.74, 6) is -1.30. The van der Waals surface area contributed by atoms with Gasteiger partial charge in [0.05, 0.1) is 6.04 Å². The highest BCUT2D eigenvalue weighted by molar-refractivity contribution is 6.24. The topological polar surface area (TPSA) is 81.7 Å².